The van der Waals surface area contributed by atoms with Gasteiger partial charge in [0.1, 0.15) is 0 Å². The number of benzene rings is 1. The fourth-order valence-electron chi connectivity index (χ4n) is 4.38. The highest BCUT2D eigenvalue weighted by Gasteiger charge is 2.41. The van der Waals surface area contributed by atoms with Crippen molar-refractivity contribution in [3.63, 3.8) is 0 Å². The third-order valence-corrected chi connectivity index (χ3v) is 5.88. The van der Waals surface area contributed by atoms with Crippen LogP contribution in [0.3, 0.4) is 0 Å². The van der Waals surface area contributed by atoms with Gasteiger partial charge in [0.15, 0.2) is 23.0 Å². The van der Waals surface area contributed by atoms with Crippen molar-refractivity contribution in [2.75, 3.05) is 0 Å². The average molecular weight is 367 g/mol. The monoisotopic (exact) mass is 367 g/mol. The fourth-order valence-corrected chi connectivity index (χ4v) is 4.38. The Bertz CT molecular complexity index is 1010. The van der Waals surface area contributed by atoms with Crippen molar-refractivity contribution in [1.82, 2.24) is 4.57 Å². The Morgan fingerprint density at radius 2 is 1.63 bits per heavy atom. The Labute approximate surface area is 154 Å². The summed E-state index contributed by atoms with van der Waals surface area (Å²) in [5.74, 6) is 0.828. The summed E-state index contributed by atoms with van der Waals surface area (Å²) in [6, 6.07) is 3.85. The van der Waals surface area contributed by atoms with Crippen molar-refractivity contribution in [1.29, 1.82) is 0 Å². The molecule has 2 aromatic rings. The quantitative estimate of drug-likeness (QED) is 0.659. The van der Waals surface area contributed by atoms with Gasteiger partial charge in [0.05, 0.1) is 18.3 Å². The third kappa shape index (κ3) is 2.34. The number of rotatable bonds is 1. The van der Waals surface area contributed by atoms with Gasteiger partial charge in [-0.15, -0.1) is 0 Å². The number of nitrogens with zero attached hydrogens (tertiary/aromatic N) is 1. The molecule has 0 radical (unpaired) electrons. The fraction of sp³-hybridized carbons (Fsp3) is 0.300. The molecule has 0 amide bonds. The molecule has 1 aromatic heterocycles. The molecule has 0 saturated heterocycles. The maximum atomic E-state index is 11.3. The van der Waals surface area contributed by atoms with Gasteiger partial charge in [-0.1, -0.05) is 12.2 Å². The van der Waals surface area contributed by atoms with Crippen LogP contribution in [0.1, 0.15) is 36.8 Å². The summed E-state index contributed by atoms with van der Waals surface area (Å²) >= 11 is 0. The number of carbonyl (C=O) groups is 2. The number of carboxylic acids is 1. The maximum Gasteiger partial charge on any atom is 0.415 e. The molecule has 1 spiro atoms. The van der Waals surface area contributed by atoms with Crippen LogP contribution in [0.15, 0.2) is 30.6 Å². The lowest BCUT2D eigenvalue weighted by Gasteiger charge is -2.36. The molecule has 0 unspecified atom stereocenters. The van der Waals surface area contributed by atoms with E-state index in [4.69, 9.17) is 14.6 Å². The minimum Gasteiger partial charge on any atom is -0.481 e. The summed E-state index contributed by atoms with van der Waals surface area (Å²) in [6.45, 7) is 0. The molecule has 7 heteroatoms. The molecule has 27 heavy (non-hydrogen) atoms. The first kappa shape index (κ1) is 16.0. The van der Waals surface area contributed by atoms with E-state index in [-0.39, 0.29) is 11.3 Å². The van der Waals surface area contributed by atoms with Gasteiger partial charge in [-0.3, -0.25) is 9.36 Å². The van der Waals surface area contributed by atoms with Crippen molar-refractivity contribution >= 4 is 18.1 Å². The lowest BCUT2D eigenvalue weighted by Crippen LogP contribution is -2.31. The number of allylic oxidation sites excluding steroid dienone is 1. The molecular formula is C20H17NO6. The van der Waals surface area contributed by atoms with E-state index >= 15 is 0 Å². The highest BCUT2D eigenvalue weighted by atomic mass is 16.6. The van der Waals surface area contributed by atoms with Crippen LogP contribution in [0.5, 0.6) is 23.0 Å². The van der Waals surface area contributed by atoms with Gasteiger partial charge in [0.2, 0.25) is 0 Å². The minimum atomic E-state index is -1.11. The second-order valence-corrected chi connectivity index (χ2v) is 7.37. The minimum absolute atomic E-state index is 0.160. The zero-order valence-corrected chi connectivity index (χ0v) is 14.3. The largest absolute Gasteiger partial charge is 0.481 e. The Balaban J connectivity index is 1.48. The first-order valence-electron chi connectivity index (χ1n) is 8.87. The number of carboxylic acid groups (broad SMARTS) is 2. The molecule has 2 heterocycles. The molecular weight excluding hydrogens is 350 g/mol. The molecule has 138 valence electrons. The summed E-state index contributed by atoms with van der Waals surface area (Å²) in [4.78, 5) is 22.4. The van der Waals surface area contributed by atoms with Crippen molar-refractivity contribution in [2.24, 2.45) is 5.92 Å². The Hall–Kier alpha value is -3.22. The van der Waals surface area contributed by atoms with Crippen LogP contribution in [0.2, 0.25) is 0 Å². The van der Waals surface area contributed by atoms with Crippen LogP contribution in [0.25, 0.3) is 6.08 Å². The van der Waals surface area contributed by atoms with E-state index in [0.29, 0.717) is 35.8 Å². The van der Waals surface area contributed by atoms with Gasteiger partial charge in [-0.05, 0) is 48.9 Å². The molecule has 1 aromatic carbocycles. The zero-order chi connectivity index (χ0) is 18.8. The number of hydrogen-bond acceptors (Lipinski definition) is 4. The first-order chi connectivity index (χ1) is 12.9. The number of aliphatic carboxylic acids is 1. The van der Waals surface area contributed by atoms with Crippen molar-refractivity contribution in [3.05, 3.63) is 41.7 Å². The first-order valence-corrected chi connectivity index (χ1v) is 8.87. The molecule has 1 aliphatic heterocycles. The maximum absolute atomic E-state index is 11.3. The highest BCUT2D eigenvalue weighted by Crippen LogP contribution is 2.53. The van der Waals surface area contributed by atoms with Gasteiger partial charge in [-0.2, -0.15) is 0 Å². The predicted molar refractivity (Wildman–Crippen MR) is 94.8 cm³/mol. The molecule has 2 aliphatic carbocycles. The molecule has 0 bridgehead atoms. The number of fused-ring (bicyclic) bond motifs is 4. The van der Waals surface area contributed by atoms with Gasteiger partial charge in [0.25, 0.3) is 0 Å². The molecule has 0 atom stereocenters. The highest BCUT2D eigenvalue weighted by molar-refractivity contribution is 5.74. The average Bonchev–Trinajstić information content (AvgIpc) is 3.20. The van der Waals surface area contributed by atoms with Crippen molar-refractivity contribution in [2.45, 2.75) is 31.1 Å². The number of hydrogen-bond donors (Lipinski definition) is 2. The van der Waals surface area contributed by atoms with E-state index < -0.39 is 12.1 Å². The molecule has 5 rings (SSSR count). The molecule has 2 N–H and O–H groups in total. The molecule has 1 saturated carbocycles. The standard InChI is InChI=1S/C20H17NO6/c22-18(23)11-1-4-20(5-2-11)6-3-12-7-14-15(8-13(12)20)27-17-10-21(19(24)25)9-16(17)26-14/h3,6-11H,1-2,4-5H2,(H,22,23)(H,24,25). The smallest absolute Gasteiger partial charge is 0.415 e. The van der Waals surface area contributed by atoms with Crippen LogP contribution in [-0.4, -0.2) is 26.8 Å². The molecule has 1 fully saturated rings. The van der Waals surface area contributed by atoms with E-state index in [1.54, 1.807) is 0 Å². The van der Waals surface area contributed by atoms with Gasteiger partial charge < -0.3 is 19.7 Å². The van der Waals surface area contributed by atoms with E-state index in [0.717, 1.165) is 28.5 Å². The van der Waals surface area contributed by atoms with E-state index in [1.165, 1.54) is 12.4 Å². The van der Waals surface area contributed by atoms with Crippen LogP contribution >= 0.6 is 0 Å². The third-order valence-electron chi connectivity index (χ3n) is 5.88. The lowest BCUT2D eigenvalue weighted by atomic mass is 9.68. The lowest BCUT2D eigenvalue weighted by molar-refractivity contribution is -0.143. The second-order valence-electron chi connectivity index (χ2n) is 7.37. The molecule has 3 aliphatic rings. The SMILES string of the molecule is O=C(O)C1CCC2(C=Cc3cc4c(cc32)Oc2cn(C(=O)O)cc2O4)CC1. The predicted octanol–water partition coefficient (Wildman–Crippen LogP) is 4.45. The van der Waals surface area contributed by atoms with E-state index in [1.807, 2.05) is 12.1 Å². The van der Waals surface area contributed by atoms with E-state index in [9.17, 15) is 14.7 Å². The van der Waals surface area contributed by atoms with Crippen LogP contribution in [0.4, 0.5) is 4.79 Å². The van der Waals surface area contributed by atoms with Crippen LogP contribution < -0.4 is 9.47 Å². The summed E-state index contributed by atoms with van der Waals surface area (Å²) in [7, 11) is 0. The topological polar surface area (TPSA) is 98.0 Å². The van der Waals surface area contributed by atoms with Crippen molar-refractivity contribution in [3.8, 4) is 23.0 Å². The normalized spacial score (nSPS) is 24.5. The second kappa shape index (κ2) is 5.39. The van der Waals surface area contributed by atoms with Gasteiger partial charge in [0, 0.05) is 5.41 Å². The van der Waals surface area contributed by atoms with E-state index in [2.05, 4.69) is 12.2 Å². The summed E-state index contributed by atoms with van der Waals surface area (Å²) in [6.07, 6.45) is 8.74. The number of aromatic nitrogens is 1. The summed E-state index contributed by atoms with van der Waals surface area (Å²) in [5.41, 5.74) is 1.99. The Morgan fingerprint density at radius 3 is 2.22 bits per heavy atom. The Morgan fingerprint density at radius 1 is 1.00 bits per heavy atom. The summed E-state index contributed by atoms with van der Waals surface area (Å²) < 4.78 is 12.7. The zero-order valence-electron chi connectivity index (χ0n) is 14.3. The van der Waals surface area contributed by atoms with Crippen molar-refractivity contribution < 1.29 is 29.3 Å². The number of ether oxygens (including phenoxy) is 2. The summed E-state index contributed by atoms with van der Waals surface area (Å²) in [5, 5.41) is 18.4. The molecule has 7 nitrogen and oxygen atoms in total. The van der Waals surface area contributed by atoms with Gasteiger partial charge >= 0.3 is 12.1 Å². The Kier molecular flexibility index (Phi) is 3.19. The van der Waals surface area contributed by atoms with Gasteiger partial charge in [-0.25, -0.2) is 4.79 Å². The van der Waals surface area contributed by atoms with Crippen LogP contribution in [0, 0.1) is 5.92 Å². The van der Waals surface area contributed by atoms with Crippen LogP contribution in [-0.2, 0) is 10.2 Å².